The molecule has 0 atom stereocenters. The van der Waals surface area contributed by atoms with Crippen molar-refractivity contribution in [1.29, 1.82) is 0 Å². The van der Waals surface area contributed by atoms with Gasteiger partial charge in [0.1, 0.15) is 5.76 Å². The molecule has 0 saturated carbocycles. The van der Waals surface area contributed by atoms with E-state index >= 15 is 0 Å². The van der Waals surface area contributed by atoms with Crippen LogP contribution in [0.2, 0.25) is 0 Å². The maximum atomic E-state index is 10.5. The monoisotopic (exact) mass is 138 g/mol. The molecule has 0 spiro atoms. The van der Waals surface area contributed by atoms with Crippen LogP contribution >= 0.6 is 0 Å². The summed E-state index contributed by atoms with van der Waals surface area (Å²) >= 11 is 0. The van der Waals surface area contributed by atoms with Crippen molar-refractivity contribution < 1.29 is 9.53 Å². The van der Waals surface area contributed by atoms with Gasteiger partial charge in [-0.05, 0) is 12.5 Å². The van der Waals surface area contributed by atoms with Crippen LogP contribution in [0.15, 0.2) is 24.5 Å². The Kier molecular flexibility index (Phi) is 2.26. The first kappa shape index (κ1) is 7.06. The number of carbonyl (C=O) groups is 1. The van der Waals surface area contributed by atoms with Crippen molar-refractivity contribution in [3.05, 3.63) is 24.5 Å². The molecule has 54 valence electrons. The summed E-state index contributed by atoms with van der Waals surface area (Å²) in [6, 6.07) is 0. The second-order valence-corrected chi connectivity index (χ2v) is 2.17. The van der Waals surface area contributed by atoms with E-state index in [1.165, 1.54) is 0 Å². The van der Waals surface area contributed by atoms with E-state index in [2.05, 4.69) is 6.58 Å². The molecule has 0 unspecified atom stereocenters. The Morgan fingerprint density at radius 2 is 2.40 bits per heavy atom. The molecule has 2 nitrogen and oxygen atoms in total. The van der Waals surface area contributed by atoms with Crippen molar-refractivity contribution in [3.63, 3.8) is 0 Å². The second kappa shape index (κ2) is 3.20. The predicted octanol–water partition coefficient (Wildman–Crippen LogP) is 1.78. The fourth-order valence-corrected chi connectivity index (χ4v) is 0.832. The number of esters is 1. The SMILES string of the molecule is C=CC/C=C1\CCC(=O)O1. The Morgan fingerprint density at radius 1 is 1.60 bits per heavy atom. The third-order valence-corrected chi connectivity index (χ3v) is 1.33. The minimum absolute atomic E-state index is 0.115. The van der Waals surface area contributed by atoms with E-state index in [0.717, 1.165) is 18.6 Å². The lowest BCUT2D eigenvalue weighted by atomic mass is 10.3. The lowest BCUT2D eigenvalue weighted by molar-refractivity contribution is -0.135. The van der Waals surface area contributed by atoms with E-state index in [0.29, 0.717) is 6.42 Å². The maximum absolute atomic E-state index is 10.5. The fourth-order valence-electron chi connectivity index (χ4n) is 0.832. The van der Waals surface area contributed by atoms with Crippen molar-refractivity contribution in [2.45, 2.75) is 19.3 Å². The molecule has 0 aromatic carbocycles. The molecule has 1 heterocycles. The van der Waals surface area contributed by atoms with Gasteiger partial charge < -0.3 is 4.74 Å². The number of carbonyl (C=O) groups excluding carboxylic acids is 1. The van der Waals surface area contributed by atoms with Crippen LogP contribution in [-0.2, 0) is 9.53 Å². The van der Waals surface area contributed by atoms with Crippen LogP contribution in [0.25, 0.3) is 0 Å². The van der Waals surface area contributed by atoms with Gasteiger partial charge in [-0.1, -0.05) is 6.08 Å². The number of hydrogen-bond acceptors (Lipinski definition) is 2. The van der Waals surface area contributed by atoms with E-state index in [4.69, 9.17) is 4.74 Å². The Morgan fingerprint density at radius 3 is 2.90 bits per heavy atom. The number of cyclic esters (lactones) is 1. The quantitative estimate of drug-likeness (QED) is 0.429. The van der Waals surface area contributed by atoms with Gasteiger partial charge in [0.15, 0.2) is 0 Å². The fraction of sp³-hybridized carbons (Fsp3) is 0.375. The Labute approximate surface area is 60.2 Å². The zero-order valence-corrected chi connectivity index (χ0v) is 5.80. The lowest BCUT2D eigenvalue weighted by Crippen LogP contribution is -1.88. The summed E-state index contributed by atoms with van der Waals surface area (Å²) in [7, 11) is 0. The molecule has 1 fully saturated rings. The summed E-state index contributed by atoms with van der Waals surface area (Å²) in [5.41, 5.74) is 0. The number of ether oxygens (including phenoxy) is 1. The molecule has 10 heavy (non-hydrogen) atoms. The van der Waals surface area contributed by atoms with E-state index in [9.17, 15) is 4.79 Å². The van der Waals surface area contributed by atoms with Gasteiger partial charge in [0, 0.05) is 6.42 Å². The number of allylic oxidation sites excluding steroid dienone is 3. The lowest BCUT2D eigenvalue weighted by Gasteiger charge is -1.91. The highest BCUT2D eigenvalue weighted by Crippen LogP contribution is 2.17. The zero-order chi connectivity index (χ0) is 7.40. The highest BCUT2D eigenvalue weighted by atomic mass is 16.5. The van der Waals surface area contributed by atoms with E-state index < -0.39 is 0 Å². The maximum Gasteiger partial charge on any atom is 0.311 e. The molecule has 1 aliphatic rings. The first-order valence-corrected chi connectivity index (χ1v) is 3.33. The molecular weight excluding hydrogens is 128 g/mol. The van der Waals surface area contributed by atoms with Crippen LogP contribution in [0.5, 0.6) is 0 Å². The van der Waals surface area contributed by atoms with Crippen molar-refractivity contribution in [2.75, 3.05) is 0 Å². The summed E-state index contributed by atoms with van der Waals surface area (Å²) < 4.78 is 4.84. The first-order chi connectivity index (χ1) is 4.83. The molecule has 0 aromatic heterocycles. The Balaban J connectivity index is 2.43. The van der Waals surface area contributed by atoms with Crippen LogP contribution in [0.3, 0.4) is 0 Å². The molecule has 0 N–H and O–H groups in total. The molecule has 0 aromatic rings. The van der Waals surface area contributed by atoms with Crippen LogP contribution in [0.1, 0.15) is 19.3 Å². The largest absolute Gasteiger partial charge is 0.431 e. The van der Waals surface area contributed by atoms with Crippen molar-refractivity contribution in [1.82, 2.24) is 0 Å². The Bertz CT molecular complexity index is 180. The van der Waals surface area contributed by atoms with Crippen LogP contribution in [-0.4, -0.2) is 5.97 Å². The zero-order valence-electron chi connectivity index (χ0n) is 5.80. The van der Waals surface area contributed by atoms with Gasteiger partial charge in [0.25, 0.3) is 0 Å². The third kappa shape index (κ3) is 1.72. The van der Waals surface area contributed by atoms with Gasteiger partial charge in [-0.3, -0.25) is 4.79 Å². The number of rotatable bonds is 2. The van der Waals surface area contributed by atoms with Gasteiger partial charge >= 0.3 is 5.97 Å². The standard InChI is InChI=1S/C8H10O2/c1-2-3-4-7-5-6-8(9)10-7/h2,4H,1,3,5-6H2/b7-4+. The highest BCUT2D eigenvalue weighted by molar-refractivity contribution is 5.73. The number of hydrogen-bond donors (Lipinski definition) is 0. The summed E-state index contributed by atoms with van der Waals surface area (Å²) in [6.07, 6.45) is 5.73. The van der Waals surface area contributed by atoms with Gasteiger partial charge in [0.05, 0.1) is 6.42 Å². The molecule has 1 saturated heterocycles. The van der Waals surface area contributed by atoms with Gasteiger partial charge in [-0.25, -0.2) is 0 Å². The third-order valence-electron chi connectivity index (χ3n) is 1.33. The predicted molar refractivity (Wildman–Crippen MR) is 38.2 cm³/mol. The topological polar surface area (TPSA) is 26.3 Å². The van der Waals surface area contributed by atoms with Gasteiger partial charge in [-0.2, -0.15) is 0 Å². The summed E-state index contributed by atoms with van der Waals surface area (Å²) in [5, 5.41) is 0. The molecule has 0 aliphatic carbocycles. The summed E-state index contributed by atoms with van der Waals surface area (Å²) in [4.78, 5) is 10.5. The van der Waals surface area contributed by atoms with Crippen molar-refractivity contribution in [3.8, 4) is 0 Å². The van der Waals surface area contributed by atoms with E-state index in [1.54, 1.807) is 6.08 Å². The first-order valence-electron chi connectivity index (χ1n) is 3.33. The van der Waals surface area contributed by atoms with Gasteiger partial charge in [-0.15, -0.1) is 6.58 Å². The van der Waals surface area contributed by atoms with E-state index in [1.807, 2.05) is 6.08 Å². The average molecular weight is 138 g/mol. The summed E-state index contributed by atoms with van der Waals surface area (Å²) in [6.45, 7) is 3.56. The molecular formula is C8H10O2. The Hall–Kier alpha value is -1.05. The highest BCUT2D eigenvalue weighted by Gasteiger charge is 2.15. The smallest absolute Gasteiger partial charge is 0.311 e. The normalized spacial score (nSPS) is 21.2. The van der Waals surface area contributed by atoms with Crippen molar-refractivity contribution in [2.24, 2.45) is 0 Å². The average Bonchev–Trinajstić information content (AvgIpc) is 2.31. The van der Waals surface area contributed by atoms with Gasteiger partial charge in [0.2, 0.25) is 0 Å². The molecule has 2 heteroatoms. The minimum atomic E-state index is -0.115. The van der Waals surface area contributed by atoms with Crippen LogP contribution < -0.4 is 0 Å². The van der Waals surface area contributed by atoms with E-state index in [-0.39, 0.29) is 5.97 Å². The van der Waals surface area contributed by atoms with Crippen LogP contribution in [0, 0.1) is 0 Å². The second-order valence-electron chi connectivity index (χ2n) is 2.17. The molecule has 1 aliphatic heterocycles. The van der Waals surface area contributed by atoms with Crippen LogP contribution in [0.4, 0.5) is 0 Å². The summed E-state index contributed by atoms with van der Waals surface area (Å²) in [5.74, 6) is 0.681. The molecule has 1 rings (SSSR count). The molecule has 0 radical (unpaired) electrons. The minimum Gasteiger partial charge on any atom is -0.431 e. The molecule has 0 amide bonds. The van der Waals surface area contributed by atoms with Crippen molar-refractivity contribution >= 4 is 5.97 Å². The molecule has 0 bridgehead atoms.